The number of ether oxygens (including phenoxy) is 1. The van der Waals surface area contributed by atoms with Crippen molar-refractivity contribution in [2.45, 2.75) is 30.8 Å². The van der Waals surface area contributed by atoms with Crippen LogP contribution in [0.25, 0.3) is 0 Å². The third-order valence-corrected chi connectivity index (χ3v) is 3.86. The highest BCUT2D eigenvalue weighted by molar-refractivity contribution is 7.90. The van der Waals surface area contributed by atoms with Gasteiger partial charge in [0.15, 0.2) is 9.84 Å². The Kier molecular flexibility index (Phi) is 5.98. The summed E-state index contributed by atoms with van der Waals surface area (Å²) in [7, 11) is -3.19. The lowest BCUT2D eigenvalue weighted by molar-refractivity contribution is 0.0124. The highest BCUT2D eigenvalue weighted by atomic mass is 32.2. The van der Waals surface area contributed by atoms with Crippen LogP contribution in [0, 0.1) is 0 Å². The van der Waals surface area contributed by atoms with Gasteiger partial charge in [-0.2, -0.15) is 0 Å². The van der Waals surface area contributed by atoms with E-state index in [1.54, 1.807) is 19.1 Å². The van der Waals surface area contributed by atoms with Crippen LogP contribution in [0.15, 0.2) is 29.2 Å². The molecule has 6 heteroatoms. The Morgan fingerprint density at radius 1 is 1.30 bits per heavy atom. The van der Waals surface area contributed by atoms with Crippen LogP contribution in [0.3, 0.4) is 0 Å². The maximum atomic E-state index is 11.3. The second-order valence-electron chi connectivity index (χ2n) is 5.21. The monoisotopic (exact) mass is 301 g/mol. The minimum atomic E-state index is -3.19. The Balaban J connectivity index is 2.53. The van der Waals surface area contributed by atoms with Gasteiger partial charge in [-0.1, -0.05) is 6.92 Å². The first-order valence-corrected chi connectivity index (χ1v) is 8.50. The van der Waals surface area contributed by atoms with Gasteiger partial charge in [0.25, 0.3) is 0 Å². The third kappa shape index (κ3) is 5.90. The predicted molar refractivity (Wildman–Crippen MR) is 78.8 cm³/mol. The van der Waals surface area contributed by atoms with Gasteiger partial charge in [0.1, 0.15) is 18.0 Å². The van der Waals surface area contributed by atoms with E-state index >= 15 is 0 Å². The summed E-state index contributed by atoms with van der Waals surface area (Å²) in [5, 5.41) is 13.2. The molecular formula is C14H23NO4S. The minimum absolute atomic E-state index is 0.141. The van der Waals surface area contributed by atoms with E-state index in [0.717, 1.165) is 19.2 Å². The van der Waals surface area contributed by atoms with Gasteiger partial charge in [0.2, 0.25) is 0 Å². The summed E-state index contributed by atoms with van der Waals surface area (Å²) in [5.41, 5.74) is -0.968. The Morgan fingerprint density at radius 3 is 2.40 bits per heavy atom. The predicted octanol–water partition coefficient (Wildman–Crippen LogP) is 1.22. The normalized spacial score (nSPS) is 14.8. The SMILES string of the molecule is CCCNCC(C)(O)COc1ccc(S(C)(=O)=O)cc1. The molecule has 1 aromatic rings. The number of hydrogen-bond donors (Lipinski definition) is 2. The van der Waals surface area contributed by atoms with Crippen molar-refractivity contribution in [3.63, 3.8) is 0 Å². The molecule has 114 valence electrons. The fourth-order valence-corrected chi connectivity index (χ4v) is 2.24. The van der Waals surface area contributed by atoms with Crippen molar-refractivity contribution in [2.75, 3.05) is 26.0 Å². The topological polar surface area (TPSA) is 75.6 Å². The highest BCUT2D eigenvalue weighted by Crippen LogP contribution is 2.17. The molecule has 0 aromatic heterocycles. The van der Waals surface area contributed by atoms with E-state index in [1.165, 1.54) is 12.1 Å². The fourth-order valence-electron chi connectivity index (χ4n) is 1.61. The van der Waals surface area contributed by atoms with Gasteiger partial charge in [0.05, 0.1) is 4.90 Å². The summed E-state index contributed by atoms with van der Waals surface area (Å²) in [6.07, 6.45) is 2.16. The molecule has 0 saturated carbocycles. The van der Waals surface area contributed by atoms with Crippen molar-refractivity contribution in [1.29, 1.82) is 0 Å². The molecule has 0 spiro atoms. The lowest BCUT2D eigenvalue weighted by Crippen LogP contribution is -2.43. The second-order valence-corrected chi connectivity index (χ2v) is 7.22. The van der Waals surface area contributed by atoms with Crippen LogP contribution in [0.4, 0.5) is 0 Å². The van der Waals surface area contributed by atoms with E-state index in [1.807, 2.05) is 0 Å². The molecule has 1 aromatic carbocycles. The lowest BCUT2D eigenvalue weighted by Gasteiger charge is -2.24. The summed E-state index contributed by atoms with van der Waals surface area (Å²) in [4.78, 5) is 0.251. The van der Waals surface area contributed by atoms with Crippen LogP contribution in [-0.2, 0) is 9.84 Å². The summed E-state index contributed by atoms with van der Waals surface area (Å²) in [5.74, 6) is 0.535. The van der Waals surface area contributed by atoms with E-state index in [9.17, 15) is 13.5 Å². The molecule has 2 N–H and O–H groups in total. The smallest absolute Gasteiger partial charge is 0.175 e. The van der Waals surface area contributed by atoms with Crippen LogP contribution in [0.1, 0.15) is 20.3 Å². The van der Waals surface area contributed by atoms with Gasteiger partial charge in [0, 0.05) is 12.8 Å². The first-order valence-electron chi connectivity index (χ1n) is 6.60. The van der Waals surface area contributed by atoms with Crippen molar-refractivity contribution in [3.8, 4) is 5.75 Å². The van der Waals surface area contributed by atoms with E-state index < -0.39 is 15.4 Å². The van der Waals surface area contributed by atoms with E-state index in [-0.39, 0.29) is 11.5 Å². The lowest BCUT2D eigenvalue weighted by atomic mass is 10.1. The number of aliphatic hydroxyl groups is 1. The Labute approximate surface area is 120 Å². The van der Waals surface area contributed by atoms with Gasteiger partial charge in [-0.15, -0.1) is 0 Å². The number of hydrogen-bond acceptors (Lipinski definition) is 5. The van der Waals surface area contributed by atoms with Crippen LogP contribution >= 0.6 is 0 Å². The zero-order chi connectivity index (χ0) is 15.2. The molecule has 0 aliphatic heterocycles. The van der Waals surface area contributed by atoms with Gasteiger partial charge in [-0.05, 0) is 44.2 Å². The Morgan fingerprint density at radius 2 is 1.90 bits per heavy atom. The van der Waals surface area contributed by atoms with Crippen LogP contribution in [0.2, 0.25) is 0 Å². The molecule has 5 nitrogen and oxygen atoms in total. The summed E-state index contributed by atoms with van der Waals surface area (Å²) in [6.45, 7) is 5.19. The molecule has 0 fully saturated rings. The summed E-state index contributed by atoms with van der Waals surface area (Å²) < 4.78 is 28.1. The standard InChI is InChI=1S/C14H23NO4S/c1-4-9-15-10-14(2,16)11-19-12-5-7-13(8-6-12)20(3,17)18/h5-8,15-16H,4,9-11H2,1-3H3. The number of sulfone groups is 1. The maximum absolute atomic E-state index is 11.3. The number of benzene rings is 1. The quantitative estimate of drug-likeness (QED) is 0.706. The Hall–Kier alpha value is -1.11. The van der Waals surface area contributed by atoms with Crippen LogP contribution in [-0.4, -0.2) is 45.1 Å². The van der Waals surface area contributed by atoms with Crippen molar-refractivity contribution in [1.82, 2.24) is 5.32 Å². The summed E-state index contributed by atoms with van der Waals surface area (Å²) in [6, 6.07) is 6.17. The summed E-state index contributed by atoms with van der Waals surface area (Å²) >= 11 is 0. The van der Waals surface area contributed by atoms with Gasteiger partial charge in [-0.3, -0.25) is 0 Å². The largest absolute Gasteiger partial charge is 0.491 e. The zero-order valence-corrected chi connectivity index (χ0v) is 13.0. The fraction of sp³-hybridized carbons (Fsp3) is 0.571. The molecule has 0 heterocycles. The molecule has 0 aliphatic carbocycles. The number of nitrogens with one attached hydrogen (secondary N) is 1. The number of rotatable bonds is 8. The van der Waals surface area contributed by atoms with Crippen molar-refractivity contribution in [2.24, 2.45) is 0 Å². The molecule has 0 bridgehead atoms. The van der Waals surface area contributed by atoms with Crippen LogP contribution in [0.5, 0.6) is 5.75 Å². The molecule has 0 amide bonds. The molecule has 1 unspecified atom stereocenters. The molecule has 0 aliphatic rings. The molecule has 1 atom stereocenters. The molecule has 1 rings (SSSR count). The van der Waals surface area contributed by atoms with Crippen LogP contribution < -0.4 is 10.1 Å². The molecule has 0 radical (unpaired) electrons. The van der Waals surface area contributed by atoms with Gasteiger partial charge < -0.3 is 15.2 Å². The van der Waals surface area contributed by atoms with E-state index in [0.29, 0.717) is 12.3 Å². The molecular weight excluding hydrogens is 278 g/mol. The van der Waals surface area contributed by atoms with Gasteiger partial charge >= 0.3 is 0 Å². The first kappa shape index (κ1) is 16.9. The van der Waals surface area contributed by atoms with E-state index in [4.69, 9.17) is 4.74 Å². The molecule has 20 heavy (non-hydrogen) atoms. The Bertz CT molecular complexity index is 508. The highest BCUT2D eigenvalue weighted by Gasteiger charge is 2.20. The van der Waals surface area contributed by atoms with Gasteiger partial charge in [-0.25, -0.2) is 8.42 Å². The molecule has 0 saturated heterocycles. The zero-order valence-electron chi connectivity index (χ0n) is 12.2. The average Bonchev–Trinajstić information content (AvgIpc) is 2.36. The van der Waals surface area contributed by atoms with Crippen molar-refractivity contribution in [3.05, 3.63) is 24.3 Å². The average molecular weight is 301 g/mol. The third-order valence-electron chi connectivity index (χ3n) is 2.73. The van der Waals surface area contributed by atoms with Crippen molar-refractivity contribution >= 4 is 9.84 Å². The van der Waals surface area contributed by atoms with Crippen molar-refractivity contribution < 1.29 is 18.3 Å². The minimum Gasteiger partial charge on any atom is -0.491 e. The second kappa shape index (κ2) is 7.06. The maximum Gasteiger partial charge on any atom is 0.175 e. The first-order chi connectivity index (χ1) is 9.24. The van der Waals surface area contributed by atoms with E-state index in [2.05, 4.69) is 12.2 Å².